The van der Waals surface area contributed by atoms with Crippen LogP contribution in [0.2, 0.25) is 0 Å². The number of hydrogen-bond donors (Lipinski definition) is 2. The molecule has 0 unspecified atom stereocenters. The second-order valence-corrected chi connectivity index (χ2v) is 5.40. The molecule has 2 fully saturated rings. The van der Waals surface area contributed by atoms with Crippen LogP contribution in [0, 0.1) is 0 Å². The molecule has 1 aliphatic carbocycles. The smallest absolute Gasteiger partial charge is 0.232 e. The first-order valence-corrected chi connectivity index (χ1v) is 7.42. The van der Waals surface area contributed by atoms with E-state index in [1.807, 2.05) is 0 Å². The van der Waals surface area contributed by atoms with Crippen molar-refractivity contribution in [1.82, 2.24) is 15.0 Å². The van der Waals surface area contributed by atoms with Crippen molar-refractivity contribution in [2.24, 2.45) is 0 Å². The zero-order valence-corrected chi connectivity index (χ0v) is 11.7. The van der Waals surface area contributed by atoms with Crippen LogP contribution in [0.25, 0.3) is 0 Å². The summed E-state index contributed by atoms with van der Waals surface area (Å²) < 4.78 is 5.34. The highest BCUT2D eigenvalue weighted by Gasteiger charge is 2.18. The molecule has 110 valence electrons. The largest absolute Gasteiger partial charge is 0.378 e. The fourth-order valence-electron chi connectivity index (χ4n) is 2.78. The fraction of sp³-hybridized carbons (Fsp3) is 0.769. The Labute approximate surface area is 118 Å². The molecule has 3 rings (SSSR count). The Balaban J connectivity index is 1.71. The molecule has 7 heteroatoms. The number of nitrogen functional groups attached to an aromatic ring is 1. The Kier molecular flexibility index (Phi) is 4.15. The molecular weight excluding hydrogens is 256 g/mol. The third-order valence-electron chi connectivity index (χ3n) is 3.87. The zero-order chi connectivity index (χ0) is 13.8. The van der Waals surface area contributed by atoms with Gasteiger partial charge in [0.05, 0.1) is 13.2 Å². The predicted octanol–water partition coefficient (Wildman–Crippen LogP) is 1.03. The van der Waals surface area contributed by atoms with Crippen molar-refractivity contribution in [2.75, 3.05) is 42.3 Å². The van der Waals surface area contributed by atoms with Crippen LogP contribution in [-0.4, -0.2) is 47.3 Å². The molecule has 1 saturated heterocycles. The monoisotopic (exact) mass is 278 g/mol. The van der Waals surface area contributed by atoms with E-state index in [1.165, 1.54) is 32.1 Å². The van der Waals surface area contributed by atoms with Crippen molar-refractivity contribution in [3.05, 3.63) is 0 Å². The van der Waals surface area contributed by atoms with Gasteiger partial charge in [0.1, 0.15) is 0 Å². The number of nitrogens with one attached hydrogen (secondary N) is 1. The van der Waals surface area contributed by atoms with Crippen LogP contribution in [0.5, 0.6) is 0 Å². The maximum absolute atomic E-state index is 5.81. The van der Waals surface area contributed by atoms with E-state index in [1.54, 1.807) is 0 Å². The van der Waals surface area contributed by atoms with E-state index in [-0.39, 0.29) is 5.95 Å². The van der Waals surface area contributed by atoms with Gasteiger partial charge < -0.3 is 20.7 Å². The summed E-state index contributed by atoms with van der Waals surface area (Å²) in [5.74, 6) is 1.53. The van der Waals surface area contributed by atoms with Gasteiger partial charge in [0, 0.05) is 19.1 Å². The highest BCUT2D eigenvalue weighted by Crippen LogP contribution is 2.21. The quantitative estimate of drug-likeness (QED) is 0.853. The van der Waals surface area contributed by atoms with E-state index < -0.39 is 0 Å². The van der Waals surface area contributed by atoms with Gasteiger partial charge in [0.25, 0.3) is 0 Å². The molecule has 0 aromatic carbocycles. The molecule has 2 aliphatic rings. The van der Waals surface area contributed by atoms with Gasteiger partial charge in [-0.05, 0) is 12.8 Å². The second kappa shape index (κ2) is 6.21. The van der Waals surface area contributed by atoms with E-state index in [0.717, 1.165) is 13.1 Å². The number of morpholine rings is 1. The minimum atomic E-state index is 0.278. The van der Waals surface area contributed by atoms with Crippen molar-refractivity contribution in [3.8, 4) is 0 Å². The number of rotatable bonds is 3. The standard InChI is InChI=1S/C13H22N6O/c14-11-16-12(15-10-4-2-1-3-5-10)18-13(17-11)19-6-8-20-9-7-19/h10H,1-9H2,(H3,14,15,16,17,18). The molecule has 3 N–H and O–H groups in total. The number of ether oxygens (including phenoxy) is 1. The van der Waals surface area contributed by atoms with Crippen LogP contribution in [-0.2, 0) is 4.74 Å². The minimum absolute atomic E-state index is 0.278. The average Bonchev–Trinajstić information content (AvgIpc) is 2.49. The minimum Gasteiger partial charge on any atom is -0.378 e. The first-order chi connectivity index (χ1) is 9.81. The highest BCUT2D eigenvalue weighted by molar-refractivity contribution is 5.42. The lowest BCUT2D eigenvalue weighted by atomic mass is 9.96. The van der Waals surface area contributed by atoms with Crippen LogP contribution in [0.15, 0.2) is 0 Å². The molecule has 0 bridgehead atoms. The molecule has 2 heterocycles. The molecule has 7 nitrogen and oxygen atoms in total. The number of anilines is 3. The van der Waals surface area contributed by atoms with Gasteiger partial charge in [-0.15, -0.1) is 0 Å². The van der Waals surface area contributed by atoms with Gasteiger partial charge in [-0.3, -0.25) is 0 Å². The van der Waals surface area contributed by atoms with Crippen LogP contribution in [0.4, 0.5) is 17.8 Å². The number of nitrogens with zero attached hydrogens (tertiary/aromatic N) is 4. The highest BCUT2D eigenvalue weighted by atomic mass is 16.5. The molecule has 0 spiro atoms. The van der Waals surface area contributed by atoms with Gasteiger partial charge in [0.15, 0.2) is 0 Å². The van der Waals surface area contributed by atoms with Gasteiger partial charge >= 0.3 is 0 Å². The van der Waals surface area contributed by atoms with Crippen molar-refractivity contribution in [2.45, 2.75) is 38.1 Å². The Morgan fingerprint density at radius 1 is 1.05 bits per heavy atom. The lowest BCUT2D eigenvalue weighted by molar-refractivity contribution is 0.122. The summed E-state index contributed by atoms with van der Waals surface area (Å²) in [6.07, 6.45) is 6.23. The Bertz CT molecular complexity index is 442. The first kappa shape index (κ1) is 13.4. The van der Waals surface area contributed by atoms with Crippen molar-refractivity contribution in [1.29, 1.82) is 0 Å². The summed E-state index contributed by atoms with van der Waals surface area (Å²) in [6, 6.07) is 0.461. The van der Waals surface area contributed by atoms with Gasteiger partial charge in [0.2, 0.25) is 17.8 Å². The summed E-state index contributed by atoms with van der Waals surface area (Å²) in [4.78, 5) is 15.0. The maximum Gasteiger partial charge on any atom is 0.232 e. The first-order valence-electron chi connectivity index (χ1n) is 7.42. The third kappa shape index (κ3) is 3.27. The lowest BCUT2D eigenvalue weighted by Gasteiger charge is -2.27. The van der Waals surface area contributed by atoms with E-state index in [0.29, 0.717) is 31.2 Å². The molecule has 0 amide bonds. The summed E-state index contributed by atoms with van der Waals surface area (Å²) in [5, 5.41) is 3.40. The summed E-state index contributed by atoms with van der Waals surface area (Å²) in [6.45, 7) is 3.01. The third-order valence-corrected chi connectivity index (χ3v) is 3.87. The maximum atomic E-state index is 5.81. The Hall–Kier alpha value is -1.63. The van der Waals surface area contributed by atoms with Gasteiger partial charge in [-0.1, -0.05) is 19.3 Å². The van der Waals surface area contributed by atoms with E-state index in [9.17, 15) is 0 Å². The van der Waals surface area contributed by atoms with Gasteiger partial charge in [-0.2, -0.15) is 15.0 Å². The molecule has 1 aromatic heterocycles. The summed E-state index contributed by atoms with van der Waals surface area (Å²) in [5.41, 5.74) is 5.81. The van der Waals surface area contributed by atoms with Crippen LogP contribution in [0.3, 0.4) is 0 Å². The molecule has 0 radical (unpaired) electrons. The molecule has 1 aliphatic heterocycles. The van der Waals surface area contributed by atoms with E-state index in [4.69, 9.17) is 10.5 Å². The number of hydrogen-bond acceptors (Lipinski definition) is 7. The number of aromatic nitrogens is 3. The normalized spacial score (nSPS) is 20.9. The van der Waals surface area contributed by atoms with Crippen molar-refractivity contribution < 1.29 is 4.74 Å². The van der Waals surface area contributed by atoms with Crippen LogP contribution >= 0.6 is 0 Å². The molecule has 1 aromatic rings. The average molecular weight is 278 g/mol. The van der Waals surface area contributed by atoms with E-state index in [2.05, 4.69) is 25.2 Å². The summed E-state index contributed by atoms with van der Waals surface area (Å²) >= 11 is 0. The topological polar surface area (TPSA) is 89.2 Å². The fourth-order valence-corrected chi connectivity index (χ4v) is 2.78. The van der Waals surface area contributed by atoms with Crippen LogP contribution < -0.4 is 16.0 Å². The van der Waals surface area contributed by atoms with Crippen LogP contribution in [0.1, 0.15) is 32.1 Å². The SMILES string of the molecule is Nc1nc(NC2CCCCC2)nc(N2CCOCC2)n1. The Morgan fingerprint density at radius 3 is 2.55 bits per heavy atom. The van der Waals surface area contributed by atoms with Crippen molar-refractivity contribution in [3.63, 3.8) is 0 Å². The second-order valence-electron chi connectivity index (χ2n) is 5.40. The predicted molar refractivity (Wildman–Crippen MR) is 77.8 cm³/mol. The summed E-state index contributed by atoms with van der Waals surface area (Å²) in [7, 11) is 0. The zero-order valence-electron chi connectivity index (χ0n) is 11.7. The van der Waals surface area contributed by atoms with E-state index >= 15 is 0 Å². The van der Waals surface area contributed by atoms with Gasteiger partial charge in [-0.25, -0.2) is 0 Å². The van der Waals surface area contributed by atoms with Crippen molar-refractivity contribution >= 4 is 17.8 Å². The lowest BCUT2D eigenvalue weighted by Crippen LogP contribution is -2.37. The number of nitrogens with two attached hydrogens (primary N) is 1. The molecule has 1 saturated carbocycles. The molecule has 20 heavy (non-hydrogen) atoms. The Morgan fingerprint density at radius 2 is 1.80 bits per heavy atom. The molecular formula is C13H22N6O. The molecule has 0 atom stereocenters.